The van der Waals surface area contributed by atoms with Crippen LogP contribution in [0.2, 0.25) is 0 Å². The average molecular weight is 302 g/mol. The number of rotatable bonds is 2. The zero-order valence-corrected chi connectivity index (χ0v) is 11.6. The maximum Gasteiger partial charge on any atom is 0.418 e. The van der Waals surface area contributed by atoms with Gasteiger partial charge in [0.05, 0.1) is 0 Å². The molecule has 1 fully saturated rings. The number of hydrogen-bond donors (Lipinski definition) is 1. The van der Waals surface area contributed by atoms with E-state index in [0.29, 0.717) is 18.7 Å². The third-order valence-corrected chi connectivity index (χ3v) is 3.57. The molecule has 0 spiro atoms. The van der Waals surface area contributed by atoms with Gasteiger partial charge in [-0.1, -0.05) is 12.1 Å². The van der Waals surface area contributed by atoms with Gasteiger partial charge >= 0.3 is 6.18 Å². The quantitative estimate of drug-likeness (QED) is 0.904. The Bertz CT molecular complexity index is 494. The van der Waals surface area contributed by atoms with Crippen molar-refractivity contribution in [1.29, 1.82) is 0 Å². The molecule has 2 rings (SSSR count). The summed E-state index contributed by atoms with van der Waals surface area (Å²) in [7, 11) is 1.97. The maximum atomic E-state index is 12.4. The maximum absolute atomic E-state index is 12.4. The highest BCUT2D eigenvalue weighted by Gasteiger charge is 2.39. The van der Waals surface area contributed by atoms with Gasteiger partial charge in [-0.2, -0.15) is 13.2 Å². The highest BCUT2D eigenvalue weighted by Crippen LogP contribution is 2.32. The zero-order chi connectivity index (χ0) is 15.6. The molecule has 1 atom stereocenters. The summed E-state index contributed by atoms with van der Waals surface area (Å²) in [6.07, 6.45) is -7.23. The van der Waals surface area contributed by atoms with E-state index in [-0.39, 0.29) is 11.5 Å². The minimum atomic E-state index is -4.71. The largest absolute Gasteiger partial charge is 0.418 e. The topological polar surface area (TPSA) is 43.8 Å². The Morgan fingerprint density at radius 1 is 1.14 bits per heavy atom. The number of amides is 1. The normalized spacial score (nSPS) is 18.6. The molecule has 1 aromatic rings. The van der Waals surface area contributed by atoms with Crippen molar-refractivity contribution in [3.05, 3.63) is 35.4 Å². The minimum Gasteiger partial charge on any atom is -0.379 e. The van der Waals surface area contributed by atoms with Crippen LogP contribution in [-0.2, 0) is 0 Å². The molecule has 1 heterocycles. The molecule has 0 bridgehead atoms. The zero-order valence-electron chi connectivity index (χ0n) is 11.6. The number of aliphatic hydroxyl groups excluding tert-OH is 1. The molecular formula is C14H17F3N2O2. The van der Waals surface area contributed by atoms with Crippen molar-refractivity contribution in [2.45, 2.75) is 12.3 Å². The van der Waals surface area contributed by atoms with Gasteiger partial charge in [0.2, 0.25) is 0 Å². The summed E-state index contributed by atoms with van der Waals surface area (Å²) in [4.78, 5) is 16.0. The van der Waals surface area contributed by atoms with Crippen LogP contribution in [-0.4, -0.2) is 60.2 Å². The van der Waals surface area contributed by atoms with E-state index in [1.165, 1.54) is 12.1 Å². The Kier molecular flexibility index (Phi) is 4.53. The number of alkyl halides is 3. The van der Waals surface area contributed by atoms with Crippen molar-refractivity contribution in [2.24, 2.45) is 0 Å². The van der Waals surface area contributed by atoms with Crippen molar-refractivity contribution in [1.82, 2.24) is 9.80 Å². The molecule has 4 nitrogen and oxygen atoms in total. The van der Waals surface area contributed by atoms with E-state index in [4.69, 9.17) is 5.11 Å². The molecule has 21 heavy (non-hydrogen) atoms. The second-order valence-electron chi connectivity index (χ2n) is 5.16. The highest BCUT2D eigenvalue weighted by atomic mass is 19.4. The van der Waals surface area contributed by atoms with Crippen molar-refractivity contribution in [3.8, 4) is 0 Å². The first-order valence-electron chi connectivity index (χ1n) is 6.61. The van der Waals surface area contributed by atoms with E-state index in [1.807, 2.05) is 7.05 Å². The lowest BCUT2D eigenvalue weighted by Gasteiger charge is -2.32. The van der Waals surface area contributed by atoms with Crippen LogP contribution in [0.25, 0.3) is 0 Å². The van der Waals surface area contributed by atoms with Gasteiger partial charge in [0.25, 0.3) is 5.91 Å². The number of carbonyl (C=O) groups is 1. The van der Waals surface area contributed by atoms with Gasteiger partial charge in [0, 0.05) is 31.7 Å². The predicted molar refractivity (Wildman–Crippen MR) is 70.9 cm³/mol. The number of carbonyl (C=O) groups excluding carboxylic acids is 1. The second-order valence-corrected chi connectivity index (χ2v) is 5.16. The molecule has 0 saturated carbocycles. The Morgan fingerprint density at radius 3 is 2.14 bits per heavy atom. The molecule has 0 aliphatic carbocycles. The van der Waals surface area contributed by atoms with Crippen LogP contribution < -0.4 is 0 Å². The number of piperazine rings is 1. The molecule has 0 radical (unpaired) electrons. The number of benzene rings is 1. The van der Waals surface area contributed by atoms with E-state index >= 15 is 0 Å². The van der Waals surface area contributed by atoms with Crippen LogP contribution in [0.4, 0.5) is 13.2 Å². The minimum absolute atomic E-state index is 0.198. The van der Waals surface area contributed by atoms with Crippen molar-refractivity contribution in [2.75, 3.05) is 33.2 Å². The van der Waals surface area contributed by atoms with E-state index in [0.717, 1.165) is 25.2 Å². The lowest BCUT2D eigenvalue weighted by molar-refractivity contribution is -0.206. The Balaban J connectivity index is 2.07. The Labute approximate surface area is 120 Å². The fourth-order valence-corrected chi connectivity index (χ4v) is 2.19. The van der Waals surface area contributed by atoms with Crippen LogP contribution in [0.3, 0.4) is 0 Å². The van der Waals surface area contributed by atoms with Gasteiger partial charge < -0.3 is 14.9 Å². The number of likely N-dealkylation sites (N-methyl/N-ethyl adjacent to an activating group) is 1. The average Bonchev–Trinajstić information content (AvgIpc) is 2.46. The van der Waals surface area contributed by atoms with Gasteiger partial charge in [0.1, 0.15) is 0 Å². The standard InChI is InChI=1S/C14H17F3N2O2/c1-18-6-8-19(9-7-18)13(21)11-4-2-10(3-5-11)12(20)14(15,16)17/h2-5,12,20H,6-9H2,1H3. The lowest BCUT2D eigenvalue weighted by Crippen LogP contribution is -2.47. The number of nitrogens with zero attached hydrogens (tertiary/aromatic N) is 2. The molecule has 1 aliphatic heterocycles. The summed E-state index contributed by atoms with van der Waals surface area (Å²) < 4.78 is 37.2. The smallest absolute Gasteiger partial charge is 0.379 e. The Hall–Kier alpha value is -1.60. The van der Waals surface area contributed by atoms with Crippen molar-refractivity contribution in [3.63, 3.8) is 0 Å². The van der Waals surface area contributed by atoms with E-state index in [9.17, 15) is 18.0 Å². The van der Waals surface area contributed by atoms with Gasteiger partial charge in [-0.05, 0) is 24.7 Å². The molecule has 116 valence electrons. The molecule has 1 aliphatic rings. The van der Waals surface area contributed by atoms with Crippen LogP contribution in [0.5, 0.6) is 0 Å². The molecular weight excluding hydrogens is 285 g/mol. The summed E-state index contributed by atoms with van der Waals surface area (Å²) in [5, 5.41) is 9.14. The van der Waals surface area contributed by atoms with E-state index < -0.39 is 12.3 Å². The summed E-state index contributed by atoms with van der Waals surface area (Å²) >= 11 is 0. The summed E-state index contributed by atoms with van der Waals surface area (Å²) in [6, 6.07) is 4.93. The molecule has 1 amide bonds. The predicted octanol–water partition coefficient (Wildman–Crippen LogP) is 1.67. The van der Waals surface area contributed by atoms with Gasteiger partial charge in [-0.15, -0.1) is 0 Å². The van der Waals surface area contributed by atoms with Crippen LogP contribution in [0, 0.1) is 0 Å². The fourth-order valence-electron chi connectivity index (χ4n) is 2.19. The first kappa shape index (κ1) is 15.8. The number of hydrogen-bond acceptors (Lipinski definition) is 3. The first-order chi connectivity index (χ1) is 9.79. The fraction of sp³-hybridized carbons (Fsp3) is 0.500. The van der Waals surface area contributed by atoms with Gasteiger partial charge in [-0.25, -0.2) is 0 Å². The van der Waals surface area contributed by atoms with Crippen LogP contribution in [0.1, 0.15) is 22.0 Å². The lowest BCUT2D eigenvalue weighted by atomic mass is 10.1. The van der Waals surface area contributed by atoms with Gasteiger partial charge in [0.15, 0.2) is 6.10 Å². The Morgan fingerprint density at radius 2 is 1.67 bits per heavy atom. The summed E-state index contributed by atoms with van der Waals surface area (Å²) in [5.74, 6) is -0.198. The van der Waals surface area contributed by atoms with Gasteiger partial charge in [-0.3, -0.25) is 4.79 Å². The molecule has 7 heteroatoms. The van der Waals surface area contributed by atoms with Crippen molar-refractivity contribution >= 4 is 5.91 Å². The second kappa shape index (κ2) is 6.03. The monoisotopic (exact) mass is 302 g/mol. The molecule has 1 aromatic carbocycles. The summed E-state index contributed by atoms with van der Waals surface area (Å²) in [5.41, 5.74) is 0.0649. The summed E-state index contributed by atoms with van der Waals surface area (Å²) in [6.45, 7) is 2.75. The highest BCUT2D eigenvalue weighted by molar-refractivity contribution is 5.94. The first-order valence-corrected chi connectivity index (χ1v) is 6.61. The van der Waals surface area contributed by atoms with Crippen molar-refractivity contribution < 1.29 is 23.1 Å². The van der Waals surface area contributed by atoms with E-state index in [1.54, 1.807) is 4.90 Å². The van der Waals surface area contributed by atoms with E-state index in [2.05, 4.69) is 4.90 Å². The molecule has 1 N–H and O–H groups in total. The number of halogens is 3. The molecule has 0 aromatic heterocycles. The van der Waals surface area contributed by atoms with Crippen LogP contribution in [0.15, 0.2) is 24.3 Å². The third-order valence-electron chi connectivity index (χ3n) is 3.57. The SMILES string of the molecule is CN1CCN(C(=O)c2ccc(C(O)C(F)(F)F)cc2)CC1. The van der Waals surface area contributed by atoms with Crippen LogP contribution >= 0.6 is 0 Å². The molecule has 1 unspecified atom stereocenters. The number of aliphatic hydroxyl groups is 1. The third kappa shape index (κ3) is 3.74. The molecule has 1 saturated heterocycles.